The first kappa shape index (κ1) is 14.8. The van der Waals surface area contributed by atoms with Gasteiger partial charge in [0.15, 0.2) is 0 Å². The number of hydrogen-bond acceptors (Lipinski definition) is 4. The molecular weight excluding hydrogens is 280 g/mol. The zero-order chi connectivity index (χ0) is 15.9. The second kappa shape index (κ2) is 5.59. The van der Waals surface area contributed by atoms with Crippen LogP contribution in [-0.2, 0) is 7.05 Å². The summed E-state index contributed by atoms with van der Waals surface area (Å²) < 4.78 is 7.04. The van der Waals surface area contributed by atoms with Crippen LogP contribution in [0.5, 0.6) is 0 Å². The molecule has 0 aromatic carbocycles. The largest absolute Gasteiger partial charge is 0.351 e. The van der Waals surface area contributed by atoms with Gasteiger partial charge in [0.05, 0.1) is 17.4 Å². The number of carbonyl (C=O) groups excluding carboxylic acids is 1. The van der Waals surface area contributed by atoms with Crippen LogP contribution >= 0.6 is 0 Å². The minimum absolute atomic E-state index is 0.0734. The van der Waals surface area contributed by atoms with E-state index in [1.54, 1.807) is 6.07 Å². The first-order valence-electron chi connectivity index (χ1n) is 7.78. The van der Waals surface area contributed by atoms with E-state index in [0.717, 1.165) is 41.9 Å². The molecular formula is C16H22N4O2. The average molecular weight is 302 g/mol. The maximum atomic E-state index is 12.4. The third kappa shape index (κ3) is 2.65. The fraction of sp³-hybridized carbons (Fsp3) is 0.562. The summed E-state index contributed by atoms with van der Waals surface area (Å²) in [4.78, 5) is 12.4. The summed E-state index contributed by atoms with van der Waals surface area (Å²) in [5.74, 6) is 0.559. The molecule has 3 rings (SSSR count). The predicted molar refractivity (Wildman–Crippen MR) is 81.7 cm³/mol. The van der Waals surface area contributed by atoms with Crippen molar-refractivity contribution < 1.29 is 9.32 Å². The Labute approximate surface area is 129 Å². The van der Waals surface area contributed by atoms with Gasteiger partial charge >= 0.3 is 0 Å². The van der Waals surface area contributed by atoms with E-state index in [1.807, 2.05) is 32.5 Å². The van der Waals surface area contributed by atoms with Crippen LogP contribution in [0.25, 0.3) is 0 Å². The van der Waals surface area contributed by atoms with Crippen LogP contribution in [0.1, 0.15) is 71.3 Å². The monoisotopic (exact) mass is 302 g/mol. The van der Waals surface area contributed by atoms with Gasteiger partial charge in [-0.25, -0.2) is 0 Å². The summed E-state index contributed by atoms with van der Waals surface area (Å²) in [5, 5.41) is 11.5. The summed E-state index contributed by atoms with van der Waals surface area (Å²) in [7, 11) is 1.92. The van der Waals surface area contributed by atoms with Crippen LogP contribution in [-0.4, -0.2) is 20.8 Å². The maximum Gasteiger partial charge on any atom is 0.290 e. The van der Waals surface area contributed by atoms with Gasteiger partial charge in [-0.05, 0) is 33.1 Å². The highest BCUT2D eigenvalue weighted by atomic mass is 16.5. The third-order valence-corrected chi connectivity index (χ3v) is 4.37. The molecule has 0 radical (unpaired) electrons. The first-order chi connectivity index (χ1) is 10.5. The maximum absolute atomic E-state index is 12.4. The van der Waals surface area contributed by atoms with E-state index in [2.05, 4.69) is 15.6 Å². The van der Waals surface area contributed by atoms with Crippen molar-refractivity contribution in [2.24, 2.45) is 7.05 Å². The van der Waals surface area contributed by atoms with Crippen molar-refractivity contribution in [3.05, 3.63) is 34.5 Å². The van der Waals surface area contributed by atoms with Crippen molar-refractivity contribution in [1.29, 1.82) is 0 Å². The van der Waals surface area contributed by atoms with Crippen molar-refractivity contribution in [3.8, 4) is 0 Å². The van der Waals surface area contributed by atoms with Crippen LogP contribution in [0, 0.1) is 13.8 Å². The highest BCUT2D eigenvalue weighted by Gasteiger charge is 2.29. The van der Waals surface area contributed by atoms with Gasteiger partial charge in [0, 0.05) is 30.3 Å². The molecule has 1 fully saturated rings. The molecule has 118 valence electrons. The number of nitrogens with zero attached hydrogens (tertiary/aromatic N) is 3. The Morgan fingerprint density at radius 2 is 2.23 bits per heavy atom. The van der Waals surface area contributed by atoms with Crippen LogP contribution < -0.4 is 5.32 Å². The van der Waals surface area contributed by atoms with E-state index in [9.17, 15) is 4.79 Å². The molecule has 1 amide bonds. The molecule has 0 saturated heterocycles. The van der Waals surface area contributed by atoms with Crippen molar-refractivity contribution >= 4 is 5.91 Å². The highest BCUT2D eigenvalue weighted by Crippen LogP contribution is 2.39. The van der Waals surface area contributed by atoms with E-state index in [4.69, 9.17) is 4.52 Å². The molecule has 2 aromatic rings. The molecule has 1 unspecified atom stereocenters. The fourth-order valence-corrected chi connectivity index (χ4v) is 2.87. The number of hydrogen-bond donors (Lipinski definition) is 1. The molecule has 2 aromatic heterocycles. The van der Waals surface area contributed by atoms with Gasteiger partial charge in [0.2, 0.25) is 5.76 Å². The second-order valence-electron chi connectivity index (χ2n) is 6.03. The summed E-state index contributed by atoms with van der Waals surface area (Å²) >= 11 is 0. The lowest BCUT2D eigenvalue weighted by molar-refractivity contribution is 0.0898. The van der Waals surface area contributed by atoms with Crippen LogP contribution in [0.3, 0.4) is 0 Å². The summed E-state index contributed by atoms with van der Waals surface area (Å²) in [6.45, 7) is 6.04. The Morgan fingerprint density at radius 3 is 2.77 bits per heavy atom. The lowest BCUT2D eigenvalue weighted by Gasteiger charge is -2.17. The zero-order valence-corrected chi connectivity index (χ0v) is 13.5. The first-order valence-corrected chi connectivity index (χ1v) is 7.78. The van der Waals surface area contributed by atoms with E-state index < -0.39 is 0 Å². The van der Waals surface area contributed by atoms with Crippen molar-refractivity contribution in [2.45, 2.75) is 52.0 Å². The van der Waals surface area contributed by atoms with Crippen LogP contribution in [0.4, 0.5) is 0 Å². The molecule has 0 bridgehead atoms. The van der Waals surface area contributed by atoms with Crippen LogP contribution in [0.2, 0.25) is 0 Å². The van der Waals surface area contributed by atoms with Gasteiger partial charge in [-0.2, -0.15) is 5.10 Å². The smallest absolute Gasteiger partial charge is 0.290 e. The standard InChI is InChI=1S/C16H22N4O2/c1-5-12(15-9(2)18-20(4)10(15)3)17-16(21)14-8-13(19-22-14)11-6-7-11/h8,11-12H,5-7H2,1-4H3,(H,17,21). The Bertz CT molecular complexity index is 697. The molecule has 22 heavy (non-hydrogen) atoms. The Morgan fingerprint density at radius 1 is 1.50 bits per heavy atom. The molecule has 2 heterocycles. The average Bonchev–Trinajstić information content (AvgIpc) is 3.16. The summed E-state index contributed by atoms with van der Waals surface area (Å²) in [6.07, 6.45) is 3.07. The minimum Gasteiger partial charge on any atom is -0.351 e. The number of aryl methyl sites for hydroxylation is 2. The lowest BCUT2D eigenvalue weighted by atomic mass is 10.0. The quantitative estimate of drug-likeness (QED) is 0.921. The predicted octanol–water partition coefficient (Wildman–Crippen LogP) is 2.78. The van der Waals surface area contributed by atoms with Crippen molar-refractivity contribution in [2.75, 3.05) is 0 Å². The molecule has 1 saturated carbocycles. The van der Waals surface area contributed by atoms with Gasteiger partial charge in [0.1, 0.15) is 0 Å². The molecule has 1 aliphatic carbocycles. The number of aromatic nitrogens is 3. The van der Waals surface area contributed by atoms with Gasteiger partial charge in [-0.1, -0.05) is 12.1 Å². The normalized spacial score (nSPS) is 15.8. The van der Waals surface area contributed by atoms with Crippen molar-refractivity contribution in [3.63, 3.8) is 0 Å². The lowest BCUT2D eigenvalue weighted by Crippen LogP contribution is -2.28. The van der Waals surface area contributed by atoms with Crippen LogP contribution in [0.15, 0.2) is 10.6 Å². The van der Waals surface area contributed by atoms with Crippen molar-refractivity contribution in [1.82, 2.24) is 20.3 Å². The SMILES string of the molecule is CCC(NC(=O)c1cc(C2CC2)no1)c1c(C)nn(C)c1C. The minimum atomic E-state index is -0.214. The zero-order valence-electron chi connectivity index (χ0n) is 13.5. The summed E-state index contributed by atoms with van der Waals surface area (Å²) in [5.41, 5.74) is 4.00. The molecule has 6 nitrogen and oxygen atoms in total. The van der Waals surface area contributed by atoms with Gasteiger partial charge in [-0.3, -0.25) is 9.48 Å². The molecule has 0 spiro atoms. The van der Waals surface area contributed by atoms with E-state index >= 15 is 0 Å². The number of amides is 1. The van der Waals surface area contributed by atoms with Gasteiger partial charge in [-0.15, -0.1) is 0 Å². The number of carbonyl (C=O) groups is 1. The van der Waals surface area contributed by atoms with E-state index in [0.29, 0.717) is 11.7 Å². The Hall–Kier alpha value is -2.11. The second-order valence-corrected chi connectivity index (χ2v) is 6.03. The van der Waals surface area contributed by atoms with E-state index in [-0.39, 0.29) is 11.9 Å². The topological polar surface area (TPSA) is 73.0 Å². The summed E-state index contributed by atoms with van der Waals surface area (Å²) in [6, 6.07) is 1.69. The molecule has 1 N–H and O–H groups in total. The van der Waals surface area contributed by atoms with Gasteiger partial charge in [0.25, 0.3) is 5.91 Å². The molecule has 1 atom stereocenters. The fourth-order valence-electron chi connectivity index (χ4n) is 2.87. The Balaban J connectivity index is 1.77. The molecule has 0 aliphatic heterocycles. The number of rotatable bonds is 5. The molecule has 6 heteroatoms. The Kier molecular flexibility index (Phi) is 3.76. The number of nitrogens with one attached hydrogen (secondary N) is 1. The third-order valence-electron chi connectivity index (χ3n) is 4.37. The van der Waals surface area contributed by atoms with Gasteiger partial charge < -0.3 is 9.84 Å². The highest BCUT2D eigenvalue weighted by molar-refractivity contribution is 5.91. The molecule has 1 aliphatic rings. The van der Waals surface area contributed by atoms with E-state index in [1.165, 1.54) is 0 Å².